The first kappa shape index (κ1) is 18.8. The van der Waals surface area contributed by atoms with Crippen LogP contribution in [0.1, 0.15) is 5.76 Å². The Morgan fingerprint density at radius 1 is 1.26 bits per heavy atom. The molecule has 0 unspecified atom stereocenters. The molecule has 2 heterocycles. The van der Waals surface area contributed by atoms with Crippen LogP contribution in [-0.4, -0.2) is 24.1 Å². The number of hydrogen-bond acceptors (Lipinski definition) is 9. The molecule has 10 nitrogen and oxygen atoms in total. The van der Waals surface area contributed by atoms with Gasteiger partial charge in [0.15, 0.2) is 0 Å². The van der Waals surface area contributed by atoms with E-state index in [1.54, 1.807) is 18.2 Å². The molecule has 0 atom stereocenters. The highest BCUT2D eigenvalue weighted by atomic mass is 31.2. The van der Waals surface area contributed by atoms with Crippen LogP contribution in [0.15, 0.2) is 51.5 Å². The van der Waals surface area contributed by atoms with E-state index in [1.807, 2.05) is 0 Å². The molecule has 1 N–H and O–H groups in total. The van der Waals surface area contributed by atoms with Crippen LogP contribution in [0.5, 0.6) is 0 Å². The number of benzene rings is 1. The average molecular weight is 393 g/mol. The van der Waals surface area contributed by atoms with Gasteiger partial charge >= 0.3 is 7.60 Å². The van der Waals surface area contributed by atoms with Gasteiger partial charge in [-0.15, -0.1) is 0 Å². The number of nitro groups is 1. The Morgan fingerprint density at radius 2 is 2.04 bits per heavy atom. The molecule has 27 heavy (non-hydrogen) atoms. The summed E-state index contributed by atoms with van der Waals surface area (Å²) in [5, 5.41) is 13.9. The maximum absolute atomic E-state index is 12.8. The van der Waals surface area contributed by atoms with Gasteiger partial charge in [0, 0.05) is 31.9 Å². The minimum Gasteiger partial charge on any atom is -0.467 e. The minimum absolute atomic E-state index is 0.0324. The molecule has 0 radical (unpaired) electrons. The Labute approximate surface area is 153 Å². The molecule has 0 amide bonds. The van der Waals surface area contributed by atoms with Crippen molar-refractivity contribution in [3.63, 3.8) is 0 Å². The van der Waals surface area contributed by atoms with Crippen molar-refractivity contribution in [3.05, 3.63) is 58.5 Å². The molecule has 11 heteroatoms. The van der Waals surface area contributed by atoms with Gasteiger partial charge in [0.2, 0.25) is 17.2 Å². The van der Waals surface area contributed by atoms with E-state index in [1.165, 1.54) is 38.7 Å². The van der Waals surface area contributed by atoms with E-state index < -0.39 is 12.5 Å². The van der Waals surface area contributed by atoms with E-state index in [4.69, 9.17) is 17.9 Å². The second-order valence-corrected chi connectivity index (χ2v) is 7.42. The standard InChI is InChI=1S/C16H16N3O7P/c1-23-27(22,24-2)16-15(17-10-13-7-4-8-25-13)26-14(18-16)11-5-3-6-12(9-11)19(20)21/h3-9,17H,10H2,1-2H3. The van der Waals surface area contributed by atoms with Crippen molar-refractivity contribution in [2.24, 2.45) is 0 Å². The van der Waals surface area contributed by atoms with Gasteiger partial charge in [-0.1, -0.05) is 6.07 Å². The molecule has 0 spiro atoms. The number of rotatable bonds is 8. The Balaban J connectivity index is 2.02. The molecule has 1 aromatic carbocycles. The predicted molar refractivity (Wildman–Crippen MR) is 95.9 cm³/mol. The fraction of sp³-hybridized carbons (Fsp3) is 0.188. The van der Waals surface area contributed by atoms with Gasteiger partial charge in [-0.3, -0.25) is 14.7 Å². The van der Waals surface area contributed by atoms with Crippen molar-refractivity contribution < 1.29 is 27.4 Å². The average Bonchev–Trinajstić information content (AvgIpc) is 3.35. The molecular weight excluding hydrogens is 377 g/mol. The minimum atomic E-state index is -3.74. The van der Waals surface area contributed by atoms with Crippen LogP contribution >= 0.6 is 7.60 Å². The lowest BCUT2D eigenvalue weighted by Crippen LogP contribution is -2.14. The summed E-state index contributed by atoms with van der Waals surface area (Å²) in [6, 6.07) is 9.21. The van der Waals surface area contributed by atoms with Crippen LogP contribution in [-0.2, 0) is 20.2 Å². The van der Waals surface area contributed by atoms with Gasteiger partial charge in [-0.05, 0) is 18.2 Å². The van der Waals surface area contributed by atoms with Crippen molar-refractivity contribution in [1.29, 1.82) is 0 Å². The Kier molecular flexibility index (Phi) is 5.41. The van der Waals surface area contributed by atoms with Gasteiger partial charge in [0.25, 0.3) is 5.69 Å². The van der Waals surface area contributed by atoms with Crippen molar-refractivity contribution in [2.45, 2.75) is 6.54 Å². The third-order valence-electron chi connectivity index (χ3n) is 3.66. The third-order valence-corrected chi connectivity index (χ3v) is 5.44. The highest BCUT2D eigenvalue weighted by Crippen LogP contribution is 2.47. The van der Waals surface area contributed by atoms with Crippen molar-refractivity contribution >= 4 is 24.6 Å². The summed E-state index contributed by atoms with van der Waals surface area (Å²) in [7, 11) is -1.29. The van der Waals surface area contributed by atoms with E-state index in [2.05, 4.69) is 10.3 Å². The SMILES string of the molecule is COP(=O)(OC)c1nc(-c2cccc([N+](=O)[O-])c2)oc1NCc1ccco1. The van der Waals surface area contributed by atoms with Crippen LogP contribution in [0.4, 0.5) is 11.6 Å². The largest absolute Gasteiger partial charge is 0.467 e. The monoisotopic (exact) mass is 393 g/mol. The summed E-state index contributed by atoms with van der Waals surface area (Å²) in [6.45, 7) is 0.233. The number of non-ortho nitro benzene ring substituents is 1. The summed E-state index contributed by atoms with van der Waals surface area (Å²) < 4.78 is 33.7. The topological polar surface area (TPSA) is 130 Å². The quantitative estimate of drug-likeness (QED) is 0.347. The first-order chi connectivity index (χ1) is 13.0. The number of aromatic nitrogens is 1. The third kappa shape index (κ3) is 3.92. The van der Waals surface area contributed by atoms with E-state index in [9.17, 15) is 14.7 Å². The summed E-state index contributed by atoms with van der Waals surface area (Å²) in [5.74, 6) is 0.698. The van der Waals surface area contributed by atoms with Crippen LogP contribution in [0.3, 0.4) is 0 Å². The molecule has 0 bridgehead atoms. The van der Waals surface area contributed by atoms with E-state index in [0.717, 1.165) is 0 Å². The lowest BCUT2D eigenvalue weighted by atomic mass is 10.2. The van der Waals surface area contributed by atoms with Gasteiger partial charge < -0.3 is 23.2 Å². The summed E-state index contributed by atoms with van der Waals surface area (Å²) in [4.78, 5) is 14.7. The predicted octanol–water partition coefficient (Wildman–Crippen LogP) is 3.57. The molecule has 0 aliphatic heterocycles. The molecule has 0 aliphatic rings. The smallest absolute Gasteiger partial charge is 0.384 e. The molecular formula is C16H16N3O7P. The van der Waals surface area contributed by atoms with Crippen LogP contribution in [0.2, 0.25) is 0 Å². The number of nitrogens with zero attached hydrogens (tertiary/aromatic N) is 2. The van der Waals surface area contributed by atoms with Crippen molar-refractivity contribution in [2.75, 3.05) is 19.5 Å². The molecule has 3 aromatic rings. The Hall–Kier alpha value is -2.94. The second kappa shape index (κ2) is 7.75. The molecule has 3 rings (SSSR count). The highest BCUT2D eigenvalue weighted by molar-refractivity contribution is 7.62. The molecule has 0 aliphatic carbocycles. The van der Waals surface area contributed by atoms with Crippen LogP contribution in [0.25, 0.3) is 11.5 Å². The van der Waals surface area contributed by atoms with Gasteiger partial charge in [-0.25, -0.2) is 0 Å². The fourth-order valence-corrected chi connectivity index (χ4v) is 3.40. The van der Waals surface area contributed by atoms with Gasteiger partial charge in [0.05, 0.1) is 17.7 Å². The Bertz CT molecular complexity index is 976. The number of hydrogen-bond donors (Lipinski definition) is 1. The summed E-state index contributed by atoms with van der Waals surface area (Å²) >= 11 is 0. The van der Waals surface area contributed by atoms with E-state index in [0.29, 0.717) is 11.3 Å². The zero-order valence-corrected chi connectivity index (χ0v) is 15.3. The highest BCUT2D eigenvalue weighted by Gasteiger charge is 2.34. The zero-order valence-electron chi connectivity index (χ0n) is 14.4. The zero-order chi connectivity index (χ0) is 19.4. The maximum Gasteiger partial charge on any atom is 0.384 e. The molecule has 0 fully saturated rings. The maximum atomic E-state index is 12.8. The van der Waals surface area contributed by atoms with Crippen molar-refractivity contribution in [3.8, 4) is 11.5 Å². The molecule has 0 saturated carbocycles. The van der Waals surface area contributed by atoms with Crippen LogP contribution < -0.4 is 10.8 Å². The number of nitro benzene ring substituents is 1. The number of anilines is 1. The van der Waals surface area contributed by atoms with Gasteiger partial charge in [0.1, 0.15) is 5.76 Å². The fourth-order valence-electron chi connectivity index (χ4n) is 2.32. The number of oxazole rings is 1. The number of nitrogens with one attached hydrogen (secondary N) is 1. The normalized spacial score (nSPS) is 11.5. The number of furan rings is 1. The summed E-state index contributed by atoms with van der Waals surface area (Å²) in [5.41, 5.74) is 0.148. The molecule has 142 valence electrons. The molecule has 2 aromatic heterocycles. The Morgan fingerprint density at radius 3 is 2.67 bits per heavy atom. The lowest BCUT2D eigenvalue weighted by Gasteiger charge is -2.11. The van der Waals surface area contributed by atoms with E-state index >= 15 is 0 Å². The second-order valence-electron chi connectivity index (χ2n) is 5.27. The first-order valence-electron chi connectivity index (χ1n) is 7.71. The van der Waals surface area contributed by atoms with Gasteiger partial charge in [-0.2, -0.15) is 4.98 Å². The van der Waals surface area contributed by atoms with Crippen molar-refractivity contribution in [1.82, 2.24) is 4.98 Å². The van der Waals surface area contributed by atoms with E-state index in [-0.39, 0.29) is 29.4 Å². The van der Waals surface area contributed by atoms with Crippen LogP contribution in [0, 0.1) is 10.1 Å². The summed E-state index contributed by atoms with van der Waals surface area (Å²) in [6.07, 6.45) is 1.52. The lowest BCUT2D eigenvalue weighted by molar-refractivity contribution is -0.384. The molecule has 0 saturated heterocycles. The first-order valence-corrected chi connectivity index (χ1v) is 9.25.